The van der Waals surface area contributed by atoms with Crippen LogP contribution in [0.15, 0.2) is 41.6 Å². The predicted octanol–water partition coefficient (Wildman–Crippen LogP) is 2.80. The van der Waals surface area contributed by atoms with Gasteiger partial charge in [0.15, 0.2) is 5.78 Å². The molecule has 2 aromatic heterocycles. The number of Topliss-reactive ketones (excluding diaryl/α,β-unsaturated/α-hetero) is 1. The molecule has 0 bridgehead atoms. The number of carbonyl (C=O) groups excluding carboxylic acids is 1. The van der Waals surface area contributed by atoms with Gasteiger partial charge in [-0.25, -0.2) is 4.98 Å². The molecule has 5 heteroatoms. The minimum absolute atomic E-state index is 0.102. The fraction of sp³-hybridized carbons (Fsp3) is 0.389. The summed E-state index contributed by atoms with van der Waals surface area (Å²) in [5.74, 6) is 0.273. The molecule has 0 N–H and O–H groups in total. The fourth-order valence-corrected chi connectivity index (χ4v) is 3.65. The van der Waals surface area contributed by atoms with Crippen LogP contribution < -0.4 is 5.56 Å². The second-order valence-electron chi connectivity index (χ2n) is 6.33. The van der Waals surface area contributed by atoms with Crippen molar-refractivity contribution < 1.29 is 4.79 Å². The zero-order valence-corrected chi connectivity index (χ0v) is 12.9. The smallest absolute Gasteiger partial charge is 0.261 e. The van der Waals surface area contributed by atoms with Gasteiger partial charge in [-0.3, -0.25) is 18.6 Å². The standard InChI is InChI=1S/C18H19N3O2/c22-16(13-6-2-1-3-7-13)11-20-17-10-19-12-21(17)15-9-5-4-8-14(15)18(20)23/h4-5,8-10,12-13H,1-3,6-7,11H2. The summed E-state index contributed by atoms with van der Waals surface area (Å²) in [6.07, 6.45) is 8.71. The monoisotopic (exact) mass is 309 g/mol. The first kappa shape index (κ1) is 14.2. The predicted molar refractivity (Wildman–Crippen MR) is 88.5 cm³/mol. The van der Waals surface area contributed by atoms with E-state index in [2.05, 4.69) is 4.98 Å². The van der Waals surface area contributed by atoms with Gasteiger partial charge >= 0.3 is 0 Å². The largest absolute Gasteiger partial charge is 0.297 e. The molecule has 3 aromatic rings. The Hall–Kier alpha value is -2.43. The number of imidazole rings is 1. The molecule has 1 aliphatic rings. The highest BCUT2D eigenvalue weighted by Gasteiger charge is 2.22. The van der Waals surface area contributed by atoms with E-state index in [0.717, 1.165) is 31.2 Å². The number of ketones is 1. The van der Waals surface area contributed by atoms with Gasteiger partial charge in [0.05, 0.1) is 23.6 Å². The number of aromatic nitrogens is 3. The van der Waals surface area contributed by atoms with E-state index >= 15 is 0 Å². The third kappa shape index (κ3) is 2.36. The van der Waals surface area contributed by atoms with Crippen molar-refractivity contribution in [3.8, 4) is 0 Å². The maximum absolute atomic E-state index is 12.8. The summed E-state index contributed by atoms with van der Waals surface area (Å²) >= 11 is 0. The molecule has 0 amide bonds. The first-order valence-electron chi connectivity index (χ1n) is 8.22. The number of carbonyl (C=O) groups is 1. The van der Waals surface area contributed by atoms with Crippen LogP contribution in [0.3, 0.4) is 0 Å². The van der Waals surface area contributed by atoms with Gasteiger partial charge in [-0.1, -0.05) is 31.4 Å². The lowest BCUT2D eigenvalue weighted by atomic mass is 9.86. The molecule has 5 nitrogen and oxygen atoms in total. The van der Waals surface area contributed by atoms with Gasteiger partial charge < -0.3 is 0 Å². The first-order chi connectivity index (χ1) is 11.3. The Bertz CT molecular complexity index is 932. The van der Waals surface area contributed by atoms with Crippen LogP contribution in [0, 0.1) is 5.92 Å². The average molecular weight is 309 g/mol. The molecule has 1 fully saturated rings. The molecule has 1 saturated carbocycles. The molecule has 118 valence electrons. The molecule has 0 aliphatic heterocycles. The molecule has 0 saturated heterocycles. The fourth-order valence-electron chi connectivity index (χ4n) is 3.65. The van der Waals surface area contributed by atoms with Gasteiger partial charge in [0.25, 0.3) is 5.56 Å². The van der Waals surface area contributed by atoms with Crippen molar-refractivity contribution in [1.82, 2.24) is 14.0 Å². The van der Waals surface area contributed by atoms with Crippen LogP contribution in [0.5, 0.6) is 0 Å². The molecular formula is C18H19N3O2. The van der Waals surface area contributed by atoms with E-state index in [9.17, 15) is 9.59 Å². The van der Waals surface area contributed by atoms with E-state index in [0.29, 0.717) is 11.0 Å². The van der Waals surface area contributed by atoms with E-state index in [1.54, 1.807) is 23.2 Å². The summed E-state index contributed by atoms with van der Waals surface area (Å²) in [6, 6.07) is 7.45. The lowest BCUT2D eigenvalue weighted by molar-refractivity contribution is -0.124. The summed E-state index contributed by atoms with van der Waals surface area (Å²) in [4.78, 5) is 29.6. The molecule has 1 aromatic carbocycles. The molecule has 23 heavy (non-hydrogen) atoms. The third-order valence-corrected chi connectivity index (χ3v) is 4.91. The third-order valence-electron chi connectivity index (χ3n) is 4.91. The van der Waals surface area contributed by atoms with E-state index < -0.39 is 0 Å². The SMILES string of the molecule is O=C(Cn1c(=O)c2ccccc2n2cncc12)C1CCCCC1. The Morgan fingerprint density at radius 1 is 1.17 bits per heavy atom. The maximum Gasteiger partial charge on any atom is 0.261 e. The summed E-state index contributed by atoms with van der Waals surface area (Å²) in [6.45, 7) is 0.142. The van der Waals surface area contributed by atoms with Crippen molar-refractivity contribution in [3.05, 3.63) is 47.1 Å². The minimum Gasteiger partial charge on any atom is -0.297 e. The highest BCUT2D eigenvalue weighted by molar-refractivity contribution is 5.84. The van der Waals surface area contributed by atoms with Crippen molar-refractivity contribution in [2.45, 2.75) is 38.6 Å². The Morgan fingerprint density at radius 2 is 1.96 bits per heavy atom. The van der Waals surface area contributed by atoms with Gasteiger partial charge in [0.1, 0.15) is 12.0 Å². The Morgan fingerprint density at radius 3 is 2.78 bits per heavy atom. The highest BCUT2D eigenvalue weighted by Crippen LogP contribution is 2.25. The number of nitrogens with zero attached hydrogens (tertiary/aromatic N) is 3. The van der Waals surface area contributed by atoms with Crippen molar-refractivity contribution in [2.24, 2.45) is 5.92 Å². The van der Waals surface area contributed by atoms with E-state index in [4.69, 9.17) is 0 Å². The Labute approximate surface area is 133 Å². The molecule has 0 atom stereocenters. The normalized spacial score (nSPS) is 16.2. The molecule has 0 radical (unpaired) electrons. The number of rotatable bonds is 3. The van der Waals surface area contributed by atoms with Crippen LogP contribution in [0.2, 0.25) is 0 Å². The van der Waals surface area contributed by atoms with Crippen LogP contribution in [-0.2, 0) is 11.3 Å². The van der Waals surface area contributed by atoms with Crippen LogP contribution in [-0.4, -0.2) is 19.7 Å². The van der Waals surface area contributed by atoms with Gasteiger partial charge in [0.2, 0.25) is 0 Å². The van der Waals surface area contributed by atoms with Crippen LogP contribution >= 0.6 is 0 Å². The highest BCUT2D eigenvalue weighted by atomic mass is 16.1. The second kappa shape index (κ2) is 5.65. The average Bonchev–Trinajstić information content (AvgIpc) is 3.09. The van der Waals surface area contributed by atoms with Crippen molar-refractivity contribution in [3.63, 3.8) is 0 Å². The molecule has 4 rings (SSSR count). The van der Waals surface area contributed by atoms with Gasteiger partial charge in [-0.15, -0.1) is 0 Å². The topological polar surface area (TPSA) is 56.4 Å². The van der Waals surface area contributed by atoms with Crippen LogP contribution in [0.4, 0.5) is 0 Å². The summed E-state index contributed by atoms with van der Waals surface area (Å²) in [5.41, 5.74) is 1.39. The molecule has 2 heterocycles. The van der Waals surface area contributed by atoms with Crippen LogP contribution in [0.1, 0.15) is 32.1 Å². The van der Waals surface area contributed by atoms with Crippen molar-refractivity contribution in [2.75, 3.05) is 0 Å². The maximum atomic E-state index is 12.8. The number of hydrogen-bond donors (Lipinski definition) is 0. The van der Waals surface area contributed by atoms with Crippen molar-refractivity contribution in [1.29, 1.82) is 0 Å². The number of para-hydroxylation sites is 1. The van der Waals surface area contributed by atoms with Crippen molar-refractivity contribution >= 4 is 22.3 Å². The Balaban J connectivity index is 1.82. The van der Waals surface area contributed by atoms with E-state index in [1.807, 2.05) is 22.6 Å². The first-order valence-corrected chi connectivity index (χ1v) is 8.22. The van der Waals surface area contributed by atoms with Crippen LogP contribution in [0.25, 0.3) is 16.6 Å². The lowest BCUT2D eigenvalue weighted by Crippen LogP contribution is -2.30. The second-order valence-corrected chi connectivity index (χ2v) is 6.33. The summed E-state index contributed by atoms with van der Waals surface area (Å²) in [7, 11) is 0. The number of fused-ring (bicyclic) bond motifs is 3. The Kier molecular flexibility index (Phi) is 3.48. The zero-order chi connectivity index (χ0) is 15.8. The minimum atomic E-state index is -0.113. The summed E-state index contributed by atoms with van der Waals surface area (Å²) in [5, 5.41) is 0.620. The quantitative estimate of drug-likeness (QED) is 0.747. The number of benzene rings is 1. The van der Waals surface area contributed by atoms with Gasteiger partial charge in [-0.05, 0) is 25.0 Å². The molecular weight excluding hydrogens is 290 g/mol. The summed E-state index contributed by atoms with van der Waals surface area (Å²) < 4.78 is 3.46. The molecule has 0 spiro atoms. The molecule has 0 unspecified atom stereocenters. The number of hydrogen-bond acceptors (Lipinski definition) is 3. The molecule has 1 aliphatic carbocycles. The van der Waals surface area contributed by atoms with E-state index in [1.165, 1.54) is 6.42 Å². The van der Waals surface area contributed by atoms with E-state index in [-0.39, 0.29) is 23.8 Å². The zero-order valence-electron chi connectivity index (χ0n) is 12.9. The lowest BCUT2D eigenvalue weighted by Gasteiger charge is -2.21. The van der Waals surface area contributed by atoms with Gasteiger partial charge in [-0.2, -0.15) is 0 Å². The van der Waals surface area contributed by atoms with Gasteiger partial charge in [0, 0.05) is 5.92 Å².